The van der Waals surface area contributed by atoms with Gasteiger partial charge in [0.1, 0.15) is 5.69 Å². The molecule has 2 rings (SSSR count). The summed E-state index contributed by atoms with van der Waals surface area (Å²) in [5.41, 5.74) is 4.97. The van der Waals surface area contributed by atoms with Crippen LogP contribution in [0, 0.1) is 0 Å². The van der Waals surface area contributed by atoms with Gasteiger partial charge in [-0.1, -0.05) is 6.07 Å². The molecule has 0 saturated heterocycles. The summed E-state index contributed by atoms with van der Waals surface area (Å²) in [5.74, 6) is 0.349. The van der Waals surface area contributed by atoms with Crippen molar-refractivity contribution in [1.82, 2.24) is 4.98 Å². The fourth-order valence-corrected chi connectivity index (χ4v) is 1.52. The van der Waals surface area contributed by atoms with Crippen molar-refractivity contribution < 1.29 is 22.6 Å². The van der Waals surface area contributed by atoms with E-state index >= 15 is 0 Å². The van der Waals surface area contributed by atoms with E-state index < -0.39 is 11.9 Å². The van der Waals surface area contributed by atoms with Gasteiger partial charge in [-0.15, -0.1) is 0 Å². The zero-order chi connectivity index (χ0) is 14.8. The van der Waals surface area contributed by atoms with Gasteiger partial charge in [0.2, 0.25) is 5.88 Å². The number of nitrogens with zero attached hydrogens (tertiary/aromatic N) is 1. The molecule has 0 bridgehead atoms. The highest BCUT2D eigenvalue weighted by molar-refractivity contribution is 5.52. The van der Waals surface area contributed by atoms with Crippen molar-refractivity contribution in [1.29, 1.82) is 0 Å². The quantitative estimate of drug-likeness (QED) is 0.877. The number of alkyl halides is 3. The first kappa shape index (κ1) is 14.0. The number of pyridine rings is 1. The SMILES string of the molecule is COc1ccc(N)cc1Oc1cccc(C(F)(F)F)n1. The Kier molecular flexibility index (Phi) is 3.69. The van der Waals surface area contributed by atoms with Crippen LogP contribution in [0.15, 0.2) is 36.4 Å². The van der Waals surface area contributed by atoms with Crippen LogP contribution in [-0.4, -0.2) is 12.1 Å². The van der Waals surface area contributed by atoms with Crippen molar-refractivity contribution in [3.05, 3.63) is 42.1 Å². The predicted octanol–water partition coefficient (Wildman–Crippen LogP) is 3.48. The Hall–Kier alpha value is -2.44. The van der Waals surface area contributed by atoms with Gasteiger partial charge in [0.25, 0.3) is 0 Å². The van der Waals surface area contributed by atoms with E-state index in [9.17, 15) is 13.2 Å². The molecular weight excluding hydrogens is 273 g/mol. The largest absolute Gasteiger partial charge is 0.493 e. The summed E-state index contributed by atoms with van der Waals surface area (Å²) in [4.78, 5) is 3.40. The van der Waals surface area contributed by atoms with Crippen molar-refractivity contribution in [3.63, 3.8) is 0 Å². The van der Waals surface area contributed by atoms with E-state index in [1.807, 2.05) is 0 Å². The molecule has 0 aliphatic rings. The lowest BCUT2D eigenvalue weighted by Gasteiger charge is -2.11. The van der Waals surface area contributed by atoms with E-state index in [-0.39, 0.29) is 11.6 Å². The van der Waals surface area contributed by atoms with E-state index in [1.54, 1.807) is 12.1 Å². The minimum Gasteiger partial charge on any atom is -0.493 e. The number of anilines is 1. The number of methoxy groups -OCH3 is 1. The number of rotatable bonds is 3. The maximum atomic E-state index is 12.6. The van der Waals surface area contributed by atoms with Crippen LogP contribution in [0.3, 0.4) is 0 Å². The third kappa shape index (κ3) is 3.11. The van der Waals surface area contributed by atoms with Crippen molar-refractivity contribution >= 4 is 5.69 Å². The molecule has 20 heavy (non-hydrogen) atoms. The molecule has 4 nitrogen and oxygen atoms in total. The summed E-state index contributed by atoms with van der Waals surface area (Å²) in [6, 6.07) is 7.98. The van der Waals surface area contributed by atoms with Gasteiger partial charge in [0, 0.05) is 17.8 Å². The fraction of sp³-hybridized carbons (Fsp3) is 0.154. The van der Waals surface area contributed by atoms with E-state index in [4.69, 9.17) is 15.2 Å². The first-order valence-corrected chi connectivity index (χ1v) is 5.56. The normalized spacial score (nSPS) is 11.2. The summed E-state index contributed by atoms with van der Waals surface area (Å²) in [7, 11) is 1.41. The third-order valence-electron chi connectivity index (χ3n) is 2.42. The van der Waals surface area contributed by atoms with E-state index in [1.165, 1.54) is 25.3 Å². The Bertz CT molecular complexity index is 615. The standard InChI is InChI=1S/C13H11F3N2O2/c1-19-9-6-5-8(17)7-10(9)20-12-4-2-3-11(18-12)13(14,15)16/h2-7H,17H2,1H3. The van der Waals surface area contributed by atoms with Gasteiger partial charge in [-0.3, -0.25) is 0 Å². The molecule has 2 aromatic rings. The van der Waals surface area contributed by atoms with Crippen LogP contribution in [0.5, 0.6) is 17.4 Å². The van der Waals surface area contributed by atoms with Gasteiger partial charge >= 0.3 is 6.18 Å². The Labute approximate surface area is 113 Å². The van der Waals surface area contributed by atoms with Crippen molar-refractivity contribution in [2.24, 2.45) is 0 Å². The molecule has 1 aromatic carbocycles. The molecule has 1 heterocycles. The average Bonchev–Trinajstić information content (AvgIpc) is 2.38. The van der Waals surface area contributed by atoms with E-state index in [0.29, 0.717) is 11.4 Å². The van der Waals surface area contributed by atoms with Crippen LogP contribution in [0.1, 0.15) is 5.69 Å². The monoisotopic (exact) mass is 284 g/mol. The summed E-state index contributed by atoms with van der Waals surface area (Å²) in [5, 5.41) is 0. The number of hydrogen-bond acceptors (Lipinski definition) is 4. The zero-order valence-electron chi connectivity index (χ0n) is 10.4. The topological polar surface area (TPSA) is 57.4 Å². The molecular formula is C13H11F3N2O2. The number of nitrogens with two attached hydrogens (primary N) is 1. The summed E-state index contributed by atoms with van der Waals surface area (Å²) in [6.45, 7) is 0. The number of nitrogen functional groups attached to an aromatic ring is 1. The molecule has 0 aliphatic heterocycles. The van der Waals surface area contributed by atoms with E-state index in [2.05, 4.69) is 4.98 Å². The molecule has 0 spiro atoms. The summed E-state index contributed by atoms with van der Waals surface area (Å²) >= 11 is 0. The highest BCUT2D eigenvalue weighted by Gasteiger charge is 2.32. The molecule has 106 valence electrons. The Balaban J connectivity index is 2.33. The molecule has 0 aliphatic carbocycles. The van der Waals surface area contributed by atoms with Crippen molar-refractivity contribution in [2.45, 2.75) is 6.18 Å². The van der Waals surface area contributed by atoms with Gasteiger partial charge in [-0.25, -0.2) is 4.98 Å². The van der Waals surface area contributed by atoms with Gasteiger partial charge < -0.3 is 15.2 Å². The van der Waals surface area contributed by atoms with Crippen molar-refractivity contribution in [3.8, 4) is 17.4 Å². The van der Waals surface area contributed by atoms with Crippen LogP contribution in [0.2, 0.25) is 0 Å². The number of ether oxygens (including phenoxy) is 2. The predicted molar refractivity (Wildman–Crippen MR) is 66.7 cm³/mol. The molecule has 0 atom stereocenters. The molecule has 0 saturated carbocycles. The maximum absolute atomic E-state index is 12.6. The van der Waals surface area contributed by atoms with Gasteiger partial charge in [0.15, 0.2) is 11.5 Å². The van der Waals surface area contributed by atoms with E-state index in [0.717, 1.165) is 6.07 Å². The van der Waals surface area contributed by atoms with Gasteiger partial charge in [-0.05, 0) is 18.2 Å². The Morgan fingerprint density at radius 2 is 1.85 bits per heavy atom. The molecule has 7 heteroatoms. The van der Waals surface area contributed by atoms with Crippen molar-refractivity contribution in [2.75, 3.05) is 12.8 Å². The maximum Gasteiger partial charge on any atom is 0.433 e. The molecule has 0 radical (unpaired) electrons. The van der Waals surface area contributed by atoms with Crippen LogP contribution in [-0.2, 0) is 6.18 Å². The second-order valence-electron chi connectivity index (χ2n) is 3.87. The lowest BCUT2D eigenvalue weighted by molar-refractivity contribution is -0.141. The van der Waals surface area contributed by atoms with Crippen LogP contribution >= 0.6 is 0 Å². The number of benzene rings is 1. The van der Waals surface area contributed by atoms with Crippen LogP contribution < -0.4 is 15.2 Å². The lowest BCUT2D eigenvalue weighted by atomic mass is 10.3. The summed E-state index contributed by atoms with van der Waals surface area (Å²) in [6.07, 6.45) is -4.53. The Morgan fingerprint density at radius 3 is 2.50 bits per heavy atom. The first-order chi connectivity index (χ1) is 9.40. The smallest absolute Gasteiger partial charge is 0.433 e. The minimum atomic E-state index is -4.53. The molecule has 2 N–H and O–H groups in total. The van der Waals surface area contributed by atoms with Crippen LogP contribution in [0.25, 0.3) is 0 Å². The van der Waals surface area contributed by atoms with Gasteiger partial charge in [-0.2, -0.15) is 13.2 Å². The third-order valence-corrected chi connectivity index (χ3v) is 2.42. The molecule has 1 aromatic heterocycles. The number of hydrogen-bond donors (Lipinski definition) is 1. The lowest BCUT2D eigenvalue weighted by Crippen LogP contribution is -2.08. The van der Waals surface area contributed by atoms with Gasteiger partial charge in [0.05, 0.1) is 7.11 Å². The molecule has 0 unspecified atom stereocenters. The number of halogens is 3. The van der Waals surface area contributed by atoms with Crippen LogP contribution in [0.4, 0.5) is 18.9 Å². The average molecular weight is 284 g/mol. The second-order valence-corrected chi connectivity index (χ2v) is 3.87. The summed E-state index contributed by atoms with van der Waals surface area (Å²) < 4.78 is 48.0. The highest BCUT2D eigenvalue weighted by atomic mass is 19.4. The Morgan fingerprint density at radius 1 is 1.10 bits per heavy atom. The fourth-order valence-electron chi connectivity index (χ4n) is 1.52. The minimum absolute atomic E-state index is 0.191. The first-order valence-electron chi connectivity index (χ1n) is 5.56. The molecule has 0 amide bonds. The zero-order valence-corrected chi connectivity index (χ0v) is 10.4. The molecule has 0 fully saturated rings. The second kappa shape index (κ2) is 5.28. The number of aromatic nitrogens is 1. The highest BCUT2D eigenvalue weighted by Crippen LogP contribution is 2.34.